The SMILES string of the molecule is COC(=O)c1ccc2nc(CN3CCC(c4cccc(OCc5cccn6nccc56)n4)CC3)n(C[C@@H]3CCO3)c2n1. The quantitative estimate of drug-likeness (QED) is 0.244. The Morgan fingerprint density at radius 1 is 1.02 bits per heavy atom. The molecule has 11 nitrogen and oxygen atoms in total. The number of likely N-dealkylation sites (tertiary alicyclic amines) is 1. The number of hydrogen-bond acceptors (Lipinski definition) is 9. The Hall–Kier alpha value is -4.35. The van der Waals surface area contributed by atoms with Gasteiger partial charge in [-0.25, -0.2) is 24.3 Å². The molecule has 0 N–H and O–H groups in total. The van der Waals surface area contributed by atoms with Crippen LogP contribution in [0.1, 0.15) is 52.8 Å². The number of nitrogens with zero attached hydrogens (tertiary/aromatic N) is 7. The van der Waals surface area contributed by atoms with Crippen molar-refractivity contribution in [2.45, 2.75) is 51.0 Å². The number of rotatable bonds is 9. The molecule has 0 amide bonds. The van der Waals surface area contributed by atoms with Crippen molar-refractivity contribution in [3.05, 3.63) is 83.7 Å². The van der Waals surface area contributed by atoms with Gasteiger partial charge in [-0.3, -0.25) is 4.90 Å². The molecule has 5 aromatic heterocycles. The van der Waals surface area contributed by atoms with E-state index in [1.807, 2.05) is 41.0 Å². The maximum Gasteiger partial charge on any atom is 0.356 e. The smallest absolute Gasteiger partial charge is 0.356 e. The second kappa shape index (κ2) is 11.5. The summed E-state index contributed by atoms with van der Waals surface area (Å²) in [7, 11) is 1.37. The number of pyridine rings is 3. The lowest BCUT2D eigenvalue weighted by atomic mass is 9.93. The van der Waals surface area contributed by atoms with E-state index in [0.717, 1.165) is 67.1 Å². The molecule has 5 aromatic rings. The van der Waals surface area contributed by atoms with E-state index in [4.69, 9.17) is 24.2 Å². The third-order valence-corrected chi connectivity index (χ3v) is 8.26. The van der Waals surface area contributed by atoms with Crippen molar-refractivity contribution in [2.75, 3.05) is 26.8 Å². The highest BCUT2D eigenvalue weighted by atomic mass is 16.5. The number of carbonyl (C=O) groups is 1. The number of ether oxygens (including phenoxy) is 3. The van der Waals surface area contributed by atoms with Crippen molar-refractivity contribution in [3.8, 4) is 5.88 Å². The Balaban J connectivity index is 1.02. The van der Waals surface area contributed by atoms with E-state index in [2.05, 4.69) is 31.7 Å². The van der Waals surface area contributed by atoms with Crippen LogP contribution in [0.2, 0.25) is 0 Å². The van der Waals surface area contributed by atoms with E-state index in [-0.39, 0.29) is 11.8 Å². The molecule has 7 heterocycles. The maximum absolute atomic E-state index is 12.1. The fourth-order valence-electron chi connectivity index (χ4n) is 5.82. The lowest BCUT2D eigenvalue weighted by Gasteiger charge is -2.32. The number of esters is 1. The van der Waals surface area contributed by atoms with E-state index >= 15 is 0 Å². The first-order valence-electron chi connectivity index (χ1n) is 14.4. The molecule has 0 saturated carbocycles. The molecule has 7 rings (SSSR count). The Morgan fingerprint density at radius 3 is 2.71 bits per heavy atom. The molecule has 2 aliphatic heterocycles. The average molecular weight is 568 g/mol. The Morgan fingerprint density at radius 2 is 1.90 bits per heavy atom. The Labute approximate surface area is 243 Å². The van der Waals surface area contributed by atoms with Gasteiger partial charge < -0.3 is 18.8 Å². The van der Waals surface area contributed by atoms with Gasteiger partial charge in [0.05, 0.1) is 31.8 Å². The highest BCUT2D eigenvalue weighted by molar-refractivity contribution is 5.89. The topological polar surface area (TPSA) is 109 Å². The molecule has 0 aliphatic carbocycles. The molecule has 0 bridgehead atoms. The standard InChI is InChI=1S/C31H33N7O4/c1-40-31(39)26-8-7-25-30(35-26)37(18-23-12-17-41-23)28(33-25)19-36-15-10-21(11-16-36)24-5-2-6-29(34-24)42-20-22-4-3-14-38-27(22)9-13-32-38/h2-9,13-14,21,23H,10-12,15-20H2,1H3/t23-/m0/s1. The van der Waals surface area contributed by atoms with Crippen LogP contribution in [0.3, 0.4) is 0 Å². The minimum absolute atomic E-state index is 0.143. The van der Waals surface area contributed by atoms with Gasteiger partial charge in [0.2, 0.25) is 5.88 Å². The average Bonchev–Trinajstić information content (AvgIpc) is 3.62. The van der Waals surface area contributed by atoms with Gasteiger partial charge in [-0.15, -0.1) is 0 Å². The molecule has 2 aliphatic rings. The number of fused-ring (bicyclic) bond motifs is 2. The predicted molar refractivity (Wildman–Crippen MR) is 154 cm³/mol. The summed E-state index contributed by atoms with van der Waals surface area (Å²) in [6.45, 7) is 4.47. The summed E-state index contributed by atoms with van der Waals surface area (Å²) in [5, 5.41) is 4.30. The van der Waals surface area contributed by atoms with Gasteiger partial charge in [-0.05, 0) is 62.7 Å². The third-order valence-electron chi connectivity index (χ3n) is 8.26. The summed E-state index contributed by atoms with van der Waals surface area (Å²) in [6, 6.07) is 15.6. The lowest BCUT2D eigenvalue weighted by molar-refractivity contribution is -0.0593. The monoisotopic (exact) mass is 567 g/mol. The van der Waals surface area contributed by atoms with Crippen molar-refractivity contribution < 1.29 is 19.0 Å². The van der Waals surface area contributed by atoms with E-state index in [1.165, 1.54) is 7.11 Å². The summed E-state index contributed by atoms with van der Waals surface area (Å²) < 4.78 is 20.7. The minimum atomic E-state index is -0.452. The van der Waals surface area contributed by atoms with Crippen LogP contribution in [0, 0.1) is 0 Å². The molecule has 11 heteroatoms. The van der Waals surface area contributed by atoms with Crippen molar-refractivity contribution in [1.29, 1.82) is 0 Å². The van der Waals surface area contributed by atoms with Crippen LogP contribution in [-0.2, 0) is 29.2 Å². The van der Waals surface area contributed by atoms with Crippen molar-refractivity contribution >= 4 is 22.6 Å². The summed E-state index contributed by atoms with van der Waals surface area (Å²) in [5.74, 6) is 1.50. The van der Waals surface area contributed by atoms with Gasteiger partial charge in [-0.2, -0.15) is 5.10 Å². The minimum Gasteiger partial charge on any atom is -0.473 e. The lowest BCUT2D eigenvalue weighted by Crippen LogP contribution is -2.35. The van der Waals surface area contributed by atoms with E-state index < -0.39 is 5.97 Å². The van der Waals surface area contributed by atoms with Crippen LogP contribution in [0.4, 0.5) is 0 Å². The molecule has 2 fully saturated rings. The van der Waals surface area contributed by atoms with Crippen molar-refractivity contribution in [3.63, 3.8) is 0 Å². The molecule has 0 unspecified atom stereocenters. The number of methoxy groups -OCH3 is 1. The van der Waals surface area contributed by atoms with E-state index in [1.54, 1.807) is 12.3 Å². The van der Waals surface area contributed by atoms with Crippen LogP contribution < -0.4 is 4.74 Å². The number of carbonyl (C=O) groups excluding carboxylic acids is 1. The first kappa shape index (κ1) is 26.5. The highest BCUT2D eigenvalue weighted by Crippen LogP contribution is 2.29. The van der Waals surface area contributed by atoms with Gasteiger partial charge in [-0.1, -0.05) is 12.1 Å². The molecular formula is C31H33N7O4. The third kappa shape index (κ3) is 5.33. The number of imidazole rings is 1. The second-order valence-corrected chi connectivity index (χ2v) is 10.9. The van der Waals surface area contributed by atoms with Crippen LogP contribution in [0.15, 0.2) is 60.9 Å². The van der Waals surface area contributed by atoms with Crippen LogP contribution in [0.25, 0.3) is 16.7 Å². The normalized spacial score (nSPS) is 17.9. The zero-order valence-electron chi connectivity index (χ0n) is 23.6. The molecule has 0 aromatic carbocycles. The van der Waals surface area contributed by atoms with Gasteiger partial charge in [0, 0.05) is 42.2 Å². The Kier molecular flexibility index (Phi) is 7.27. The molecule has 42 heavy (non-hydrogen) atoms. The molecule has 0 spiro atoms. The summed E-state index contributed by atoms with van der Waals surface area (Å²) in [4.78, 5) is 28.9. The van der Waals surface area contributed by atoms with E-state index in [0.29, 0.717) is 37.1 Å². The largest absolute Gasteiger partial charge is 0.473 e. The predicted octanol–water partition coefficient (Wildman–Crippen LogP) is 4.01. The number of piperidine rings is 1. The van der Waals surface area contributed by atoms with Gasteiger partial charge in [0.15, 0.2) is 11.3 Å². The van der Waals surface area contributed by atoms with Crippen molar-refractivity contribution in [2.24, 2.45) is 0 Å². The molecule has 1 atom stereocenters. The molecule has 216 valence electrons. The zero-order chi connectivity index (χ0) is 28.5. The Bertz CT molecular complexity index is 1720. The first-order chi connectivity index (χ1) is 20.6. The fourth-order valence-corrected chi connectivity index (χ4v) is 5.82. The second-order valence-electron chi connectivity index (χ2n) is 10.9. The summed E-state index contributed by atoms with van der Waals surface area (Å²) >= 11 is 0. The van der Waals surface area contributed by atoms with E-state index in [9.17, 15) is 4.79 Å². The maximum atomic E-state index is 12.1. The molecule has 2 saturated heterocycles. The van der Waals surface area contributed by atoms with Crippen molar-refractivity contribution in [1.82, 2.24) is 34.0 Å². The van der Waals surface area contributed by atoms with Gasteiger partial charge in [0.25, 0.3) is 0 Å². The fraction of sp³-hybridized carbons (Fsp3) is 0.387. The van der Waals surface area contributed by atoms with Gasteiger partial charge in [0.1, 0.15) is 17.9 Å². The zero-order valence-corrected chi connectivity index (χ0v) is 23.6. The van der Waals surface area contributed by atoms with Crippen LogP contribution >= 0.6 is 0 Å². The van der Waals surface area contributed by atoms with Gasteiger partial charge >= 0.3 is 5.97 Å². The van der Waals surface area contributed by atoms with Crippen LogP contribution in [0.5, 0.6) is 5.88 Å². The molecular weight excluding hydrogens is 534 g/mol. The summed E-state index contributed by atoms with van der Waals surface area (Å²) in [6.07, 6.45) is 6.88. The number of aromatic nitrogens is 6. The van der Waals surface area contributed by atoms with Crippen LogP contribution in [-0.4, -0.2) is 72.9 Å². The first-order valence-corrected chi connectivity index (χ1v) is 14.4. The highest BCUT2D eigenvalue weighted by Gasteiger charge is 2.26. The summed E-state index contributed by atoms with van der Waals surface area (Å²) in [5.41, 5.74) is 4.94. The molecule has 0 radical (unpaired) electrons. The number of hydrogen-bond donors (Lipinski definition) is 0.